The first-order valence-electron chi connectivity index (χ1n) is 8.64. The fourth-order valence-electron chi connectivity index (χ4n) is 1.93. The van der Waals surface area contributed by atoms with Crippen LogP contribution in [-0.2, 0) is 14.4 Å². The van der Waals surface area contributed by atoms with Gasteiger partial charge in [0.05, 0.1) is 0 Å². The van der Waals surface area contributed by atoms with Crippen LogP contribution in [0.25, 0.3) is 6.08 Å². The van der Waals surface area contributed by atoms with Crippen LogP contribution in [0.1, 0.15) is 45.1 Å². The van der Waals surface area contributed by atoms with Crippen LogP contribution in [0.5, 0.6) is 0 Å². The Kier molecular flexibility index (Phi) is 12.4. The molecule has 0 atom stereocenters. The number of allylic oxidation sites excluding steroid dienone is 2. The normalized spacial score (nSPS) is 11.6. The van der Waals surface area contributed by atoms with Crippen molar-refractivity contribution >= 4 is 24.0 Å². The van der Waals surface area contributed by atoms with E-state index in [-0.39, 0.29) is 12.0 Å². The molecule has 0 fully saturated rings. The largest absolute Gasteiger partial charge is 0.478 e. The standard InChI is InChI=1S/C15H18O2.C6H8O4/c1-2-3-11-14(15(16)17)12-7-10-13-8-5-4-6-9-13;1-2-4(6(9)10)3-5(7)8/h4-10,12H,2-3,11H2,1H3,(H,16,17);3H,2H2,1H3,(H,7,8)(H,9,10). The highest BCUT2D eigenvalue weighted by Gasteiger charge is 2.05. The molecule has 0 aliphatic carbocycles. The number of benzene rings is 1. The van der Waals surface area contributed by atoms with E-state index < -0.39 is 17.9 Å². The van der Waals surface area contributed by atoms with Gasteiger partial charge in [-0.2, -0.15) is 0 Å². The van der Waals surface area contributed by atoms with E-state index in [2.05, 4.69) is 6.92 Å². The molecule has 0 unspecified atom stereocenters. The first-order valence-corrected chi connectivity index (χ1v) is 8.64. The third-order valence-electron chi connectivity index (χ3n) is 3.41. The predicted molar refractivity (Wildman–Crippen MR) is 104 cm³/mol. The second kappa shape index (κ2) is 14.1. The Morgan fingerprint density at radius 2 is 1.52 bits per heavy atom. The van der Waals surface area contributed by atoms with Crippen molar-refractivity contribution in [1.29, 1.82) is 0 Å². The van der Waals surface area contributed by atoms with Crippen molar-refractivity contribution < 1.29 is 29.7 Å². The molecule has 1 rings (SSSR count). The van der Waals surface area contributed by atoms with Crippen LogP contribution in [0.4, 0.5) is 0 Å². The highest BCUT2D eigenvalue weighted by atomic mass is 16.4. The molecule has 0 aliphatic rings. The van der Waals surface area contributed by atoms with Crippen LogP contribution in [-0.4, -0.2) is 33.2 Å². The van der Waals surface area contributed by atoms with Gasteiger partial charge in [0.2, 0.25) is 0 Å². The minimum atomic E-state index is -1.22. The summed E-state index contributed by atoms with van der Waals surface area (Å²) in [4.78, 5) is 31.0. The van der Waals surface area contributed by atoms with E-state index in [0.29, 0.717) is 18.1 Å². The smallest absolute Gasteiger partial charge is 0.331 e. The van der Waals surface area contributed by atoms with Gasteiger partial charge in [-0.3, -0.25) is 0 Å². The Morgan fingerprint density at radius 3 is 1.93 bits per heavy atom. The Labute approximate surface area is 159 Å². The van der Waals surface area contributed by atoms with E-state index >= 15 is 0 Å². The van der Waals surface area contributed by atoms with Gasteiger partial charge < -0.3 is 15.3 Å². The van der Waals surface area contributed by atoms with Gasteiger partial charge in [-0.05, 0) is 24.8 Å². The second-order valence-electron chi connectivity index (χ2n) is 5.54. The van der Waals surface area contributed by atoms with Gasteiger partial charge in [-0.15, -0.1) is 0 Å². The number of rotatable bonds is 9. The van der Waals surface area contributed by atoms with Crippen molar-refractivity contribution in [3.63, 3.8) is 0 Å². The molecule has 0 saturated carbocycles. The number of carboxylic acids is 3. The maximum Gasteiger partial charge on any atom is 0.331 e. The Bertz CT molecular complexity index is 699. The summed E-state index contributed by atoms with van der Waals surface area (Å²) in [5, 5.41) is 25.4. The third-order valence-corrected chi connectivity index (χ3v) is 3.41. The summed E-state index contributed by atoms with van der Waals surface area (Å²) in [6.45, 7) is 3.64. The lowest BCUT2D eigenvalue weighted by Crippen LogP contribution is -2.02. The molecular formula is C21H26O6. The van der Waals surface area contributed by atoms with Gasteiger partial charge in [0, 0.05) is 17.2 Å². The molecule has 0 radical (unpaired) electrons. The highest BCUT2D eigenvalue weighted by molar-refractivity contribution is 5.94. The fourth-order valence-corrected chi connectivity index (χ4v) is 1.93. The van der Waals surface area contributed by atoms with Crippen molar-refractivity contribution in [1.82, 2.24) is 0 Å². The summed E-state index contributed by atoms with van der Waals surface area (Å²) in [6.07, 6.45) is 8.87. The van der Waals surface area contributed by atoms with Crippen LogP contribution < -0.4 is 0 Å². The van der Waals surface area contributed by atoms with Crippen molar-refractivity contribution in [3.05, 3.63) is 65.3 Å². The van der Waals surface area contributed by atoms with E-state index in [1.807, 2.05) is 36.4 Å². The van der Waals surface area contributed by atoms with Crippen molar-refractivity contribution in [3.8, 4) is 0 Å². The van der Waals surface area contributed by atoms with Crippen LogP contribution in [0.15, 0.2) is 59.7 Å². The molecule has 0 amide bonds. The quantitative estimate of drug-likeness (QED) is 0.436. The first-order chi connectivity index (χ1) is 12.8. The van der Waals surface area contributed by atoms with Crippen LogP contribution in [0, 0.1) is 0 Å². The van der Waals surface area contributed by atoms with Crippen molar-refractivity contribution in [2.24, 2.45) is 0 Å². The summed E-state index contributed by atoms with van der Waals surface area (Å²) < 4.78 is 0. The Morgan fingerprint density at radius 1 is 0.926 bits per heavy atom. The summed E-state index contributed by atoms with van der Waals surface area (Å²) in [5.74, 6) is -3.22. The lowest BCUT2D eigenvalue weighted by molar-refractivity contribution is -0.135. The SMILES string of the molecule is CCC(=CC(=O)O)C(=O)O.CCCCC(=CC=Cc1ccccc1)C(=O)O. The maximum absolute atomic E-state index is 10.9. The molecule has 0 saturated heterocycles. The molecule has 6 heteroatoms. The first kappa shape index (κ1) is 23.9. The molecule has 0 heterocycles. The van der Waals surface area contributed by atoms with E-state index in [0.717, 1.165) is 18.4 Å². The molecule has 1 aromatic carbocycles. The van der Waals surface area contributed by atoms with E-state index in [4.69, 9.17) is 15.3 Å². The average molecular weight is 374 g/mol. The average Bonchev–Trinajstić information content (AvgIpc) is 2.63. The fraction of sp³-hybridized carbons (Fsp3) is 0.286. The lowest BCUT2D eigenvalue weighted by atomic mass is 10.1. The van der Waals surface area contributed by atoms with E-state index in [1.54, 1.807) is 19.1 Å². The maximum atomic E-state index is 10.9. The van der Waals surface area contributed by atoms with Gasteiger partial charge in [0.1, 0.15) is 0 Å². The zero-order chi connectivity index (χ0) is 20.7. The Balaban J connectivity index is 0.000000580. The Hall–Kier alpha value is -3.15. The van der Waals surface area contributed by atoms with Gasteiger partial charge in [0.25, 0.3) is 0 Å². The molecule has 0 aliphatic heterocycles. The lowest BCUT2D eigenvalue weighted by Gasteiger charge is -1.98. The summed E-state index contributed by atoms with van der Waals surface area (Å²) in [6, 6.07) is 9.84. The molecule has 146 valence electrons. The molecule has 6 nitrogen and oxygen atoms in total. The second-order valence-corrected chi connectivity index (χ2v) is 5.54. The van der Waals surface area contributed by atoms with Gasteiger partial charge >= 0.3 is 17.9 Å². The van der Waals surface area contributed by atoms with Crippen LogP contribution in [0.3, 0.4) is 0 Å². The molecule has 1 aromatic rings. The number of hydrogen-bond donors (Lipinski definition) is 3. The molecule has 0 aromatic heterocycles. The molecule has 27 heavy (non-hydrogen) atoms. The van der Waals surface area contributed by atoms with E-state index in [9.17, 15) is 14.4 Å². The predicted octanol–water partition coefficient (Wildman–Crippen LogP) is 4.39. The number of unbranched alkanes of at least 4 members (excludes halogenated alkanes) is 1. The van der Waals surface area contributed by atoms with Crippen molar-refractivity contribution in [2.45, 2.75) is 39.5 Å². The molecular weight excluding hydrogens is 348 g/mol. The van der Waals surface area contributed by atoms with Crippen LogP contribution in [0.2, 0.25) is 0 Å². The summed E-state index contributed by atoms with van der Waals surface area (Å²) >= 11 is 0. The minimum absolute atomic E-state index is 0.0903. The van der Waals surface area contributed by atoms with E-state index in [1.165, 1.54) is 0 Å². The third kappa shape index (κ3) is 11.9. The van der Waals surface area contributed by atoms with Gasteiger partial charge in [-0.1, -0.05) is 68.8 Å². The molecule has 0 spiro atoms. The number of carboxylic acid groups (broad SMARTS) is 3. The number of aliphatic carboxylic acids is 3. The highest BCUT2D eigenvalue weighted by Crippen LogP contribution is 2.09. The number of carbonyl (C=O) groups is 3. The minimum Gasteiger partial charge on any atom is -0.478 e. The topological polar surface area (TPSA) is 112 Å². The zero-order valence-electron chi connectivity index (χ0n) is 15.6. The monoisotopic (exact) mass is 374 g/mol. The zero-order valence-corrected chi connectivity index (χ0v) is 15.6. The molecule has 3 N–H and O–H groups in total. The summed E-state index contributed by atoms with van der Waals surface area (Å²) in [5.41, 5.74) is 1.45. The molecule has 0 bridgehead atoms. The van der Waals surface area contributed by atoms with Gasteiger partial charge in [-0.25, -0.2) is 14.4 Å². The number of hydrogen-bond acceptors (Lipinski definition) is 3. The van der Waals surface area contributed by atoms with Gasteiger partial charge in [0.15, 0.2) is 0 Å². The van der Waals surface area contributed by atoms with Crippen molar-refractivity contribution in [2.75, 3.05) is 0 Å². The summed E-state index contributed by atoms with van der Waals surface area (Å²) in [7, 11) is 0. The van der Waals surface area contributed by atoms with Crippen LogP contribution >= 0.6 is 0 Å².